The Morgan fingerprint density at radius 1 is 1.13 bits per heavy atom. The fourth-order valence-electron chi connectivity index (χ4n) is 3.66. The molecule has 0 saturated carbocycles. The molecule has 7 heteroatoms. The SMILES string of the molecule is CCc1cccc2sc(N3CCN(C(=O)CCCSc4ccc(Cl)cc4)CC3)nc12. The minimum Gasteiger partial charge on any atom is -0.345 e. The normalized spacial score (nSPS) is 14.5. The van der Waals surface area contributed by atoms with Crippen LogP contribution in [0.1, 0.15) is 25.3 Å². The number of hydrogen-bond acceptors (Lipinski definition) is 5. The van der Waals surface area contributed by atoms with Crippen molar-refractivity contribution < 1.29 is 4.79 Å². The minimum atomic E-state index is 0.268. The van der Waals surface area contributed by atoms with Crippen LogP contribution in [0.4, 0.5) is 5.13 Å². The van der Waals surface area contributed by atoms with Crippen molar-refractivity contribution in [2.45, 2.75) is 31.1 Å². The molecule has 0 spiro atoms. The van der Waals surface area contributed by atoms with Gasteiger partial charge in [-0.2, -0.15) is 0 Å². The molecular weight excluding hydrogens is 434 g/mol. The van der Waals surface area contributed by atoms with Gasteiger partial charge in [-0.1, -0.05) is 42.0 Å². The Bertz CT molecular complexity index is 997. The second kappa shape index (κ2) is 10.0. The first kappa shape index (κ1) is 21.5. The van der Waals surface area contributed by atoms with Crippen LogP contribution in [0.2, 0.25) is 5.02 Å². The van der Waals surface area contributed by atoms with Crippen molar-refractivity contribution in [3.05, 3.63) is 53.1 Å². The number of hydrogen-bond donors (Lipinski definition) is 0. The number of nitrogens with zero attached hydrogens (tertiary/aromatic N) is 3. The van der Waals surface area contributed by atoms with Crippen LogP contribution in [-0.4, -0.2) is 47.7 Å². The van der Waals surface area contributed by atoms with E-state index in [4.69, 9.17) is 16.6 Å². The van der Waals surface area contributed by atoms with Gasteiger partial charge in [0.25, 0.3) is 0 Å². The summed E-state index contributed by atoms with van der Waals surface area (Å²) in [5, 5.41) is 1.84. The number of carbonyl (C=O) groups excluding carboxylic acids is 1. The smallest absolute Gasteiger partial charge is 0.222 e. The van der Waals surface area contributed by atoms with Crippen molar-refractivity contribution in [2.24, 2.45) is 0 Å². The Labute approximate surface area is 191 Å². The molecule has 0 N–H and O–H groups in total. The van der Waals surface area contributed by atoms with E-state index in [0.717, 1.165) is 60.4 Å². The number of thioether (sulfide) groups is 1. The number of carbonyl (C=O) groups is 1. The number of halogens is 1. The lowest BCUT2D eigenvalue weighted by molar-refractivity contribution is -0.131. The number of aryl methyl sites for hydroxylation is 1. The average molecular weight is 460 g/mol. The summed E-state index contributed by atoms with van der Waals surface area (Å²) in [5.41, 5.74) is 2.44. The summed E-state index contributed by atoms with van der Waals surface area (Å²) in [7, 11) is 0. The van der Waals surface area contributed by atoms with Crippen LogP contribution >= 0.6 is 34.7 Å². The lowest BCUT2D eigenvalue weighted by atomic mass is 10.1. The van der Waals surface area contributed by atoms with Crippen LogP contribution < -0.4 is 4.90 Å². The molecule has 0 aliphatic carbocycles. The summed E-state index contributed by atoms with van der Waals surface area (Å²) in [6.07, 6.45) is 2.50. The Morgan fingerprint density at radius 2 is 1.90 bits per heavy atom. The van der Waals surface area contributed by atoms with Crippen molar-refractivity contribution in [3.8, 4) is 0 Å². The third kappa shape index (κ3) is 5.10. The molecule has 2 aromatic carbocycles. The van der Waals surface area contributed by atoms with Gasteiger partial charge < -0.3 is 9.80 Å². The maximum Gasteiger partial charge on any atom is 0.222 e. The zero-order chi connectivity index (χ0) is 20.9. The first-order valence-electron chi connectivity index (χ1n) is 10.4. The van der Waals surface area contributed by atoms with E-state index in [2.05, 4.69) is 30.0 Å². The van der Waals surface area contributed by atoms with Crippen molar-refractivity contribution in [1.29, 1.82) is 0 Å². The molecule has 1 aromatic heterocycles. The number of aromatic nitrogens is 1. The van der Waals surface area contributed by atoms with E-state index in [1.165, 1.54) is 15.2 Å². The first-order valence-corrected chi connectivity index (χ1v) is 12.6. The standard InChI is InChI=1S/C23H26ClN3OS2/c1-2-17-5-3-6-20-22(17)25-23(30-20)27-14-12-26(13-15-27)21(28)7-4-16-29-19-10-8-18(24)9-11-19/h3,5-6,8-11H,2,4,7,12-16H2,1H3. The molecule has 0 atom stereocenters. The number of amides is 1. The third-order valence-electron chi connectivity index (χ3n) is 5.39. The number of fused-ring (bicyclic) bond motifs is 1. The monoisotopic (exact) mass is 459 g/mol. The van der Waals surface area contributed by atoms with Crippen molar-refractivity contribution >= 4 is 56.0 Å². The van der Waals surface area contributed by atoms with E-state index in [9.17, 15) is 4.79 Å². The van der Waals surface area contributed by atoms with Gasteiger partial charge in [0.05, 0.1) is 10.2 Å². The molecule has 1 aliphatic rings. The predicted molar refractivity (Wildman–Crippen MR) is 129 cm³/mol. The number of thiazole rings is 1. The molecule has 1 fully saturated rings. The largest absolute Gasteiger partial charge is 0.345 e. The number of anilines is 1. The first-order chi connectivity index (χ1) is 14.6. The average Bonchev–Trinajstić information content (AvgIpc) is 3.22. The second-order valence-corrected chi connectivity index (χ2v) is 10.0. The van der Waals surface area contributed by atoms with Crippen LogP contribution in [0.5, 0.6) is 0 Å². The Morgan fingerprint density at radius 3 is 2.63 bits per heavy atom. The summed E-state index contributed by atoms with van der Waals surface area (Å²) < 4.78 is 1.25. The van der Waals surface area contributed by atoms with E-state index in [1.54, 1.807) is 23.1 Å². The maximum atomic E-state index is 12.6. The van der Waals surface area contributed by atoms with Gasteiger partial charge in [0, 0.05) is 42.5 Å². The number of benzene rings is 2. The summed E-state index contributed by atoms with van der Waals surface area (Å²) in [6, 6.07) is 14.3. The summed E-state index contributed by atoms with van der Waals surface area (Å²) in [4.78, 5) is 23.0. The molecule has 4 nitrogen and oxygen atoms in total. The van der Waals surface area contributed by atoms with Gasteiger partial charge in [-0.25, -0.2) is 4.98 Å². The van der Waals surface area contributed by atoms with Crippen molar-refractivity contribution in [2.75, 3.05) is 36.8 Å². The van der Waals surface area contributed by atoms with Crippen LogP contribution in [0.15, 0.2) is 47.4 Å². The molecule has 3 aromatic rings. The lowest BCUT2D eigenvalue weighted by Gasteiger charge is -2.34. The van der Waals surface area contributed by atoms with E-state index < -0.39 is 0 Å². The van der Waals surface area contributed by atoms with E-state index >= 15 is 0 Å². The topological polar surface area (TPSA) is 36.4 Å². The van der Waals surface area contributed by atoms with Crippen LogP contribution in [0, 0.1) is 0 Å². The maximum absolute atomic E-state index is 12.6. The highest BCUT2D eigenvalue weighted by molar-refractivity contribution is 7.99. The highest BCUT2D eigenvalue weighted by Crippen LogP contribution is 2.31. The Balaban J connectivity index is 1.24. The molecule has 1 aliphatic heterocycles. The summed E-state index contributed by atoms with van der Waals surface area (Å²) in [5.74, 6) is 1.21. The summed E-state index contributed by atoms with van der Waals surface area (Å²) in [6.45, 7) is 5.44. The van der Waals surface area contributed by atoms with Crippen LogP contribution in [0.25, 0.3) is 10.2 Å². The molecule has 2 heterocycles. The molecule has 30 heavy (non-hydrogen) atoms. The number of para-hydroxylation sites is 1. The fourth-order valence-corrected chi connectivity index (χ4v) is 5.71. The molecule has 0 bridgehead atoms. The molecule has 1 amide bonds. The highest BCUT2D eigenvalue weighted by atomic mass is 35.5. The number of piperazine rings is 1. The van der Waals surface area contributed by atoms with Crippen molar-refractivity contribution in [3.63, 3.8) is 0 Å². The molecule has 0 radical (unpaired) electrons. The second-order valence-electron chi connectivity index (χ2n) is 7.39. The zero-order valence-electron chi connectivity index (χ0n) is 17.1. The fraction of sp³-hybridized carbons (Fsp3) is 0.391. The van der Waals surface area contributed by atoms with E-state index in [-0.39, 0.29) is 5.91 Å². The van der Waals surface area contributed by atoms with E-state index in [0.29, 0.717) is 6.42 Å². The summed E-state index contributed by atoms with van der Waals surface area (Å²) >= 11 is 9.45. The quantitative estimate of drug-likeness (QED) is 0.333. The minimum absolute atomic E-state index is 0.268. The van der Waals surface area contributed by atoms with Gasteiger partial charge in [-0.15, -0.1) is 11.8 Å². The van der Waals surface area contributed by atoms with E-state index in [1.807, 2.05) is 29.2 Å². The van der Waals surface area contributed by atoms with Gasteiger partial charge in [0.2, 0.25) is 5.91 Å². The van der Waals surface area contributed by atoms with Gasteiger partial charge in [0.1, 0.15) is 0 Å². The molecular formula is C23H26ClN3OS2. The van der Waals surface area contributed by atoms with Gasteiger partial charge in [-0.3, -0.25) is 4.79 Å². The predicted octanol–water partition coefficient (Wildman–Crippen LogP) is 5.73. The number of rotatable bonds is 7. The lowest BCUT2D eigenvalue weighted by Crippen LogP contribution is -2.48. The van der Waals surface area contributed by atoms with Gasteiger partial charge in [0.15, 0.2) is 5.13 Å². The van der Waals surface area contributed by atoms with Crippen molar-refractivity contribution in [1.82, 2.24) is 9.88 Å². The van der Waals surface area contributed by atoms with Crippen LogP contribution in [-0.2, 0) is 11.2 Å². The Hall–Kier alpha value is -1.76. The highest BCUT2D eigenvalue weighted by Gasteiger charge is 2.23. The molecule has 158 valence electrons. The van der Waals surface area contributed by atoms with Crippen LogP contribution in [0.3, 0.4) is 0 Å². The third-order valence-corrected chi connectivity index (χ3v) is 7.82. The van der Waals surface area contributed by atoms with Gasteiger partial charge >= 0.3 is 0 Å². The molecule has 1 saturated heterocycles. The zero-order valence-corrected chi connectivity index (χ0v) is 19.5. The molecule has 0 unspecified atom stereocenters. The molecule has 4 rings (SSSR count). The Kier molecular flexibility index (Phi) is 7.18. The van der Waals surface area contributed by atoms with Gasteiger partial charge in [-0.05, 0) is 54.5 Å².